The van der Waals surface area contributed by atoms with E-state index in [1.54, 1.807) is 0 Å². The van der Waals surface area contributed by atoms with Crippen LogP contribution in [-0.4, -0.2) is 41.1 Å². The molecule has 2 amide bonds. The summed E-state index contributed by atoms with van der Waals surface area (Å²) in [6.07, 6.45) is 4.91. The van der Waals surface area contributed by atoms with Crippen LogP contribution in [0.15, 0.2) is 30.3 Å². The zero-order chi connectivity index (χ0) is 18.5. The van der Waals surface area contributed by atoms with E-state index >= 15 is 0 Å². The van der Waals surface area contributed by atoms with Gasteiger partial charge >= 0.3 is 12.0 Å². The molecule has 5 nitrogen and oxygen atoms in total. The number of amides is 2. The summed E-state index contributed by atoms with van der Waals surface area (Å²) < 4.78 is 0. The predicted molar refractivity (Wildman–Crippen MR) is 101 cm³/mol. The monoisotopic (exact) mass is 358 g/mol. The average molecular weight is 358 g/mol. The van der Waals surface area contributed by atoms with Crippen LogP contribution in [0.3, 0.4) is 0 Å². The second-order valence-corrected chi connectivity index (χ2v) is 7.76. The molecule has 1 heterocycles. The molecule has 1 aliphatic carbocycles. The quantitative estimate of drug-likeness (QED) is 0.859. The lowest BCUT2D eigenvalue weighted by Crippen LogP contribution is -2.50. The van der Waals surface area contributed by atoms with Crippen LogP contribution in [0.1, 0.15) is 56.9 Å². The number of likely N-dealkylation sites (tertiary alicyclic amines) is 1. The maximum atomic E-state index is 12.7. The van der Waals surface area contributed by atoms with Gasteiger partial charge in [0.25, 0.3) is 0 Å². The number of carboxylic acid groups (broad SMARTS) is 1. The summed E-state index contributed by atoms with van der Waals surface area (Å²) in [7, 11) is 0. The van der Waals surface area contributed by atoms with Crippen LogP contribution in [0.4, 0.5) is 4.79 Å². The highest BCUT2D eigenvalue weighted by molar-refractivity contribution is 5.75. The van der Waals surface area contributed by atoms with Gasteiger partial charge in [0, 0.05) is 19.1 Å². The van der Waals surface area contributed by atoms with Crippen molar-refractivity contribution in [1.29, 1.82) is 0 Å². The molecule has 0 radical (unpaired) electrons. The van der Waals surface area contributed by atoms with Crippen LogP contribution in [0.25, 0.3) is 0 Å². The number of hydrogen-bond donors (Lipinski definition) is 2. The molecule has 1 saturated carbocycles. The summed E-state index contributed by atoms with van der Waals surface area (Å²) in [5, 5.41) is 12.2. The SMILES string of the molecule is CCC1CN(C(=O)NC2CCC(C(=O)O)CC2)CCC1c1ccccc1. The largest absolute Gasteiger partial charge is 0.481 e. The molecular weight excluding hydrogens is 328 g/mol. The number of aliphatic carboxylic acids is 1. The summed E-state index contributed by atoms with van der Waals surface area (Å²) in [6.45, 7) is 3.79. The Bertz CT molecular complexity index is 611. The van der Waals surface area contributed by atoms with Gasteiger partial charge in [-0.2, -0.15) is 0 Å². The first-order valence-corrected chi connectivity index (χ1v) is 9.91. The number of urea groups is 1. The molecule has 1 aromatic rings. The van der Waals surface area contributed by atoms with Crippen molar-refractivity contribution in [3.05, 3.63) is 35.9 Å². The molecule has 2 N–H and O–H groups in total. The van der Waals surface area contributed by atoms with Crippen LogP contribution in [0.2, 0.25) is 0 Å². The van der Waals surface area contributed by atoms with E-state index in [-0.39, 0.29) is 18.0 Å². The summed E-state index contributed by atoms with van der Waals surface area (Å²) in [5.74, 6) is 0.0636. The van der Waals surface area contributed by atoms with Gasteiger partial charge in [0.15, 0.2) is 0 Å². The van der Waals surface area contributed by atoms with Crippen molar-refractivity contribution in [3.63, 3.8) is 0 Å². The van der Waals surface area contributed by atoms with Crippen molar-refractivity contribution in [3.8, 4) is 0 Å². The maximum Gasteiger partial charge on any atom is 0.317 e. The third-order valence-electron chi connectivity index (χ3n) is 6.18. The lowest BCUT2D eigenvalue weighted by Gasteiger charge is -2.39. The number of nitrogens with zero attached hydrogens (tertiary/aromatic N) is 1. The average Bonchev–Trinajstić information content (AvgIpc) is 2.68. The van der Waals surface area contributed by atoms with Gasteiger partial charge < -0.3 is 15.3 Å². The van der Waals surface area contributed by atoms with E-state index in [9.17, 15) is 9.59 Å². The third-order valence-corrected chi connectivity index (χ3v) is 6.18. The summed E-state index contributed by atoms with van der Waals surface area (Å²) in [4.78, 5) is 25.7. The number of carbonyl (C=O) groups excluding carboxylic acids is 1. The van der Waals surface area contributed by atoms with E-state index in [4.69, 9.17) is 5.11 Å². The van der Waals surface area contributed by atoms with Crippen molar-refractivity contribution in [2.45, 2.75) is 57.4 Å². The van der Waals surface area contributed by atoms with Gasteiger partial charge in [0.1, 0.15) is 0 Å². The van der Waals surface area contributed by atoms with Crippen molar-refractivity contribution in [2.24, 2.45) is 11.8 Å². The Kier molecular flexibility index (Phi) is 6.17. The molecule has 0 spiro atoms. The minimum Gasteiger partial charge on any atom is -0.481 e. The summed E-state index contributed by atoms with van der Waals surface area (Å²) in [6, 6.07) is 10.8. The fraction of sp³-hybridized carbons (Fsp3) is 0.619. The zero-order valence-electron chi connectivity index (χ0n) is 15.6. The first-order valence-electron chi connectivity index (χ1n) is 9.91. The number of carbonyl (C=O) groups is 2. The minimum atomic E-state index is -0.705. The Hall–Kier alpha value is -2.04. The molecular formula is C21H30N2O3. The Morgan fingerprint density at radius 2 is 1.81 bits per heavy atom. The van der Waals surface area contributed by atoms with Crippen LogP contribution in [0.5, 0.6) is 0 Å². The number of hydrogen-bond acceptors (Lipinski definition) is 2. The van der Waals surface area contributed by atoms with Crippen LogP contribution >= 0.6 is 0 Å². The minimum absolute atomic E-state index is 0.0220. The zero-order valence-corrected chi connectivity index (χ0v) is 15.6. The standard InChI is InChI=1S/C21H30N2O3/c1-2-15-14-23(13-12-19(15)16-6-4-3-5-7-16)21(26)22-18-10-8-17(9-11-18)20(24)25/h3-7,15,17-19H,2,8-14H2,1H3,(H,22,26)(H,24,25). The lowest BCUT2D eigenvalue weighted by molar-refractivity contribution is -0.142. The topological polar surface area (TPSA) is 69.6 Å². The summed E-state index contributed by atoms with van der Waals surface area (Å²) in [5.41, 5.74) is 1.38. The van der Waals surface area contributed by atoms with E-state index in [0.717, 1.165) is 38.8 Å². The fourth-order valence-electron chi connectivity index (χ4n) is 4.52. The van der Waals surface area contributed by atoms with Crippen molar-refractivity contribution >= 4 is 12.0 Å². The van der Waals surface area contributed by atoms with E-state index in [2.05, 4.69) is 36.5 Å². The fourth-order valence-corrected chi connectivity index (χ4v) is 4.52. The highest BCUT2D eigenvalue weighted by Crippen LogP contribution is 2.35. The van der Waals surface area contributed by atoms with Gasteiger partial charge in [-0.05, 0) is 49.5 Å². The number of nitrogens with one attached hydrogen (secondary N) is 1. The highest BCUT2D eigenvalue weighted by Gasteiger charge is 2.33. The molecule has 26 heavy (non-hydrogen) atoms. The Morgan fingerprint density at radius 3 is 2.42 bits per heavy atom. The van der Waals surface area contributed by atoms with E-state index in [1.807, 2.05) is 11.0 Å². The molecule has 1 aromatic carbocycles. The van der Waals surface area contributed by atoms with E-state index < -0.39 is 5.97 Å². The third kappa shape index (κ3) is 4.37. The van der Waals surface area contributed by atoms with Gasteiger partial charge in [-0.1, -0.05) is 43.7 Å². The second kappa shape index (κ2) is 8.56. The number of rotatable bonds is 4. The molecule has 3 rings (SSSR count). The number of benzene rings is 1. The first kappa shape index (κ1) is 18.7. The predicted octanol–water partition coefficient (Wildman–Crippen LogP) is 3.86. The van der Waals surface area contributed by atoms with Crippen molar-refractivity contribution < 1.29 is 14.7 Å². The van der Waals surface area contributed by atoms with E-state index in [0.29, 0.717) is 24.7 Å². The molecule has 142 valence electrons. The molecule has 2 unspecified atom stereocenters. The smallest absolute Gasteiger partial charge is 0.317 e. The molecule has 1 aliphatic heterocycles. The molecule has 2 fully saturated rings. The molecule has 2 aliphatic rings. The van der Waals surface area contributed by atoms with Crippen LogP contribution < -0.4 is 5.32 Å². The first-order chi connectivity index (χ1) is 12.6. The molecule has 2 atom stereocenters. The lowest BCUT2D eigenvalue weighted by atomic mass is 9.79. The maximum absolute atomic E-state index is 12.7. The second-order valence-electron chi connectivity index (χ2n) is 7.76. The van der Waals surface area contributed by atoms with Crippen molar-refractivity contribution in [2.75, 3.05) is 13.1 Å². The van der Waals surface area contributed by atoms with Gasteiger partial charge in [-0.15, -0.1) is 0 Å². The molecule has 1 saturated heterocycles. The molecule has 0 aromatic heterocycles. The molecule has 0 bridgehead atoms. The number of piperidine rings is 1. The Morgan fingerprint density at radius 1 is 1.12 bits per heavy atom. The van der Waals surface area contributed by atoms with Gasteiger partial charge in [0.05, 0.1) is 5.92 Å². The van der Waals surface area contributed by atoms with Crippen LogP contribution in [0, 0.1) is 11.8 Å². The van der Waals surface area contributed by atoms with Gasteiger partial charge in [-0.3, -0.25) is 4.79 Å². The highest BCUT2D eigenvalue weighted by atomic mass is 16.4. The number of carboxylic acids is 1. The van der Waals surface area contributed by atoms with E-state index in [1.165, 1.54) is 5.56 Å². The molecule has 5 heteroatoms. The summed E-state index contributed by atoms with van der Waals surface area (Å²) >= 11 is 0. The van der Waals surface area contributed by atoms with Gasteiger partial charge in [-0.25, -0.2) is 4.79 Å². The van der Waals surface area contributed by atoms with Crippen LogP contribution in [-0.2, 0) is 4.79 Å². The van der Waals surface area contributed by atoms with Crippen molar-refractivity contribution in [1.82, 2.24) is 10.2 Å². The Balaban J connectivity index is 1.53. The Labute approximate surface area is 155 Å². The normalized spacial score (nSPS) is 29.2. The van der Waals surface area contributed by atoms with Gasteiger partial charge in [0.2, 0.25) is 0 Å².